The molecule has 0 atom stereocenters. The minimum Gasteiger partial charge on any atom is -0.356 e. The number of nitriles is 1. The first-order chi connectivity index (χ1) is 6.81. The van der Waals surface area contributed by atoms with Crippen LogP contribution in [0.15, 0.2) is 18.3 Å². The molecule has 1 rings (SSSR count). The zero-order valence-corrected chi connectivity index (χ0v) is 8.27. The van der Waals surface area contributed by atoms with Crippen LogP contribution in [0.25, 0.3) is 0 Å². The molecule has 2 N–H and O–H groups in total. The number of nitrogens with two attached hydrogens (primary N) is 1. The lowest BCUT2D eigenvalue weighted by Crippen LogP contribution is -2.29. The van der Waals surface area contributed by atoms with E-state index in [2.05, 4.69) is 16.8 Å². The smallest absolute Gasteiger partial charge is 0.128 e. The number of pyridine rings is 1. The first-order valence-corrected chi connectivity index (χ1v) is 4.63. The lowest BCUT2D eigenvalue weighted by Gasteiger charge is -2.20. The average Bonchev–Trinajstić information content (AvgIpc) is 2.26. The van der Waals surface area contributed by atoms with Gasteiger partial charge in [-0.25, -0.2) is 4.98 Å². The van der Waals surface area contributed by atoms with E-state index in [0.29, 0.717) is 12.1 Å². The van der Waals surface area contributed by atoms with Gasteiger partial charge in [-0.2, -0.15) is 5.26 Å². The van der Waals surface area contributed by atoms with Gasteiger partial charge in [-0.05, 0) is 19.1 Å². The van der Waals surface area contributed by atoms with Crippen LogP contribution in [0, 0.1) is 11.3 Å². The van der Waals surface area contributed by atoms with Gasteiger partial charge in [-0.1, -0.05) is 0 Å². The van der Waals surface area contributed by atoms with Crippen LogP contribution in [0.5, 0.6) is 0 Å². The summed E-state index contributed by atoms with van der Waals surface area (Å²) >= 11 is 0. The van der Waals surface area contributed by atoms with Crippen molar-refractivity contribution in [2.75, 3.05) is 24.5 Å². The molecule has 1 aromatic heterocycles. The third-order valence-electron chi connectivity index (χ3n) is 1.98. The summed E-state index contributed by atoms with van der Waals surface area (Å²) in [4.78, 5) is 6.26. The molecule has 0 saturated heterocycles. The number of nitrogens with zero attached hydrogens (tertiary/aromatic N) is 3. The quantitative estimate of drug-likeness (QED) is 0.760. The number of anilines is 1. The van der Waals surface area contributed by atoms with Gasteiger partial charge in [0.05, 0.1) is 5.56 Å². The first-order valence-electron chi connectivity index (χ1n) is 4.63. The molecule has 0 saturated carbocycles. The maximum atomic E-state index is 8.60. The lowest BCUT2D eigenvalue weighted by atomic mass is 10.3. The highest BCUT2D eigenvalue weighted by Crippen LogP contribution is 2.09. The monoisotopic (exact) mass is 190 g/mol. The molecule has 0 bridgehead atoms. The van der Waals surface area contributed by atoms with Gasteiger partial charge in [0.2, 0.25) is 0 Å². The van der Waals surface area contributed by atoms with E-state index in [1.54, 1.807) is 12.3 Å². The van der Waals surface area contributed by atoms with Crippen LogP contribution >= 0.6 is 0 Å². The second-order valence-corrected chi connectivity index (χ2v) is 2.89. The van der Waals surface area contributed by atoms with Crippen molar-refractivity contribution in [1.82, 2.24) is 4.98 Å². The van der Waals surface area contributed by atoms with E-state index in [0.717, 1.165) is 18.9 Å². The lowest BCUT2D eigenvalue weighted by molar-refractivity contribution is 0.802. The summed E-state index contributed by atoms with van der Waals surface area (Å²) in [6, 6.07) is 5.65. The standard InChI is InChI=1S/C10H14N4/c1-2-14(6-5-11)10-4-3-9(7-12)8-13-10/h3-4,8H,2,5-6,11H2,1H3. The van der Waals surface area contributed by atoms with Crippen molar-refractivity contribution >= 4 is 5.82 Å². The molecule has 0 aliphatic rings. The Hall–Kier alpha value is -1.60. The van der Waals surface area contributed by atoms with Gasteiger partial charge < -0.3 is 10.6 Å². The van der Waals surface area contributed by atoms with Crippen LogP contribution in [0.3, 0.4) is 0 Å². The van der Waals surface area contributed by atoms with E-state index < -0.39 is 0 Å². The predicted octanol–water partition coefficient (Wildman–Crippen LogP) is 0.738. The SMILES string of the molecule is CCN(CCN)c1ccc(C#N)cn1. The minimum atomic E-state index is 0.581. The fourth-order valence-corrected chi connectivity index (χ4v) is 1.23. The molecule has 14 heavy (non-hydrogen) atoms. The van der Waals surface area contributed by atoms with Crippen molar-refractivity contribution in [1.29, 1.82) is 5.26 Å². The summed E-state index contributed by atoms with van der Waals surface area (Å²) in [5, 5.41) is 8.60. The highest BCUT2D eigenvalue weighted by Gasteiger charge is 2.03. The Morgan fingerprint density at radius 3 is 2.79 bits per heavy atom. The summed E-state index contributed by atoms with van der Waals surface area (Å²) < 4.78 is 0. The number of hydrogen-bond donors (Lipinski definition) is 1. The van der Waals surface area contributed by atoms with Crippen LogP contribution in [0.2, 0.25) is 0 Å². The van der Waals surface area contributed by atoms with Gasteiger partial charge in [-0.3, -0.25) is 0 Å². The molecule has 4 heteroatoms. The van der Waals surface area contributed by atoms with Crippen molar-refractivity contribution in [2.45, 2.75) is 6.92 Å². The third-order valence-corrected chi connectivity index (χ3v) is 1.98. The second kappa shape index (κ2) is 5.20. The zero-order valence-electron chi connectivity index (χ0n) is 8.27. The van der Waals surface area contributed by atoms with E-state index in [9.17, 15) is 0 Å². The molecule has 1 heterocycles. The largest absolute Gasteiger partial charge is 0.356 e. The summed E-state index contributed by atoms with van der Waals surface area (Å²) in [6.45, 7) is 4.32. The Kier molecular flexibility index (Phi) is 3.89. The van der Waals surface area contributed by atoms with E-state index >= 15 is 0 Å². The summed E-state index contributed by atoms with van der Waals surface area (Å²) in [5.74, 6) is 0.872. The van der Waals surface area contributed by atoms with Crippen LogP contribution < -0.4 is 10.6 Å². The summed E-state index contributed by atoms with van der Waals surface area (Å²) in [7, 11) is 0. The van der Waals surface area contributed by atoms with Crippen molar-refractivity contribution in [3.05, 3.63) is 23.9 Å². The average molecular weight is 190 g/mol. The van der Waals surface area contributed by atoms with Crippen molar-refractivity contribution < 1.29 is 0 Å². The number of aromatic nitrogens is 1. The molecule has 0 aromatic carbocycles. The number of rotatable bonds is 4. The molecule has 1 aromatic rings. The normalized spacial score (nSPS) is 9.50. The highest BCUT2D eigenvalue weighted by atomic mass is 15.2. The molecule has 0 aliphatic heterocycles. The van der Waals surface area contributed by atoms with Gasteiger partial charge in [0.25, 0.3) is 0 Å². The van der Waals surface area contributed by atoms with E-state index in [-0.39, 0.29) is 0 Å². The van der Waals surface area contributed by atoms with Crippen LogP contribution in [0.4, 0.5) is 5.82 Å². The molecule has 0 spiro atoms. The Morgan fingerprint density at radius 2 is 2.36 bits per heavy atom. The van der Waals surface area contributed by atoms with Gasteiger partial charge in [-0.15, -0.1) is 0 Å². The summed E-state index contributed by atoms with van der Waals surface area (Å²) in [6.07, 6.45) is 1.58. The zero-order chi connectivity index (χ0) is 10.4. The van der Waals surface area contributed by atoms with Gasteiger partial charge in [0.1, 0.15) is 11.9 Å². The highest BCUT2D eigenvalue weighted by molar-refractivity contribution is 5.41. The van der Waals surface area contributed by atoms with Gasteiger partial charge >= 0.3 is 0 Å². The van der Waals surface area contributed by atoms with E-state index in [1.807, 2.05) is 12.1 Å². The predicted molar refractivity (Wildman–Crippen MR) is 55.9 cm³/mol. The fraction of sp³-hybridized carbons (Fsp3) is 0.400. The van der Waals surface area contributed by atoms with Gasteiger partial charge in [0, 0.05) is 25.8 Å². The Balaban J connectivity index is 2.79. The number of likely N-dealkylation sites (N-methyl/N-ethyl adjacent to an activating group) is 1. The van der Waals surface area contributed by atoms with Crippen molar-refractivity contribution in [3.63, 3.8) is 0 Å². The maximum absolute atomic E-state index is 8.60. The van der Waals surface area contributed by atoms with E-state index in [1.165, 1.54) is 0 Å². The molecule has 0 amide bonds. The second-order valence-electron chi connectivity index (χ2n) is 2.89. The van der Waals surface area contributed by atoms with Crippen LogP contribution in [-0.2, 0) is 0 Å². The molecular weight excluding hydrogens is 176 g/mol. The molecule has 74 valence electrons. The maximum Gasteiger partial charge on any atom is 0.128 e. The third kappa shape index (κ3) is 2.44. The molecule has 4 nitrogen and oxygen atoms in total. The van der Waals surface area contributed by atoms with Crippen molar-refractivity contribution in [3.8, 4) is 6.07 Å². The van der Waals surface area contributed by atoms with Crippen molar-refractivity contribution in [2.24, 2.45) is 5.73 Å². The molecule has 0 unspecified atom stereocenters. The number of hydrogen-bond acceptors (Lipinski definition) is 4. The minimum absolute atomic E-state index is 0.581. The summed E-state index contributed by atoms with van der Waals surface area (Å²) in [5.41, 5.74) is 6.06. The van der Waals surface area contributed by atoms with Crippen LogP contribution in [0.1, 0.15) is 12.5 Å². The molecular formula is C10H14N4. The molecule has 0 radical (unpaired) electrons. The topological polar surface area (TPSA) is 65.9 Å². The van der Waals surface area contributed by atoms with Crippen LogP contribution in [-0.4, -0.2) is 24.6 Å². The molecule has 0 aliphatic carbocycles. The molecule has 0 fully saturated rings. The fourth-order valence-electron chi connectivity index (χ4n) is 1.23. The van der Waals surface area contributed by atoms with Gasteiger partial charge in [0.15, 0.2) is 0 Å². The Morgan fingerprint density at radius 1 is 1.57 bits per heavy atom. The Bertz CT molecular complexity index is 312. The Labute approximate surface area is 84.0 Å². The first kappa shape index (κ1) is 10.5. The van der Waals surface area contributed by atoms with E-state index in [4.69, 9.17) is 11.0 Å².